The Morgan fingerprint density at radius 3 is 2.71 bits per heavy atom. The van der Waals surface area contributed by atoms with E-state index in [1.54, 1.807) is 7.11 Å². The first kappa shape index (κ1) is 20.3. The summed E-state index contributed by atoms with van der Waals surface area (Å²) in [7, 11) is 1.62. The number of guanidine groups is 1. The molecule has 1 aromatic carbocycles. The summed E-state index contributed by atoms with van der Waals surface area (Å²) < 4.78 is 5.19. The third kappa shape index (κ3) is 8.20. The number of rotatable bonds is 10. The molecule has 1 rings (SSSR count). The van der Waals surface area contributed by atoms with E-state index in [2.05, 4.69) is 29.5 Å². The Morgan fingerprint density at radius 2 is 2.04 bits per heavy atom. The van der Waals surface area contributed by atoms with Gasteiger partial charge in [-0.05, 0) is 37.0 Å². The molecule has 0 radical (unpaired) electrons. The molecule has 136 valence electrons. The van der Waals surface area contributed by atoms with Crippen LogP contribution in [0.15, 0.2) is 29.3 Å². The van der Waals surface area contributed by atoms with Crippen molar-refractivity contribution in [2.75, 3.05) is 26.7 Å². The van der Waals surface area contributed by atoms with E-state index in [0.29, 0.717) is 6.54 Å². The third-order valence-corrected chi connectivity index (χ3v) is 3.75. The van der Waals surface area contributed by atoms with Crippen LogP contribution < -0.4 is 15.4 Å². The van der Waals surface area contributed by atoms with Crippen molar-refractivity contribution in [2.45, 2.75) is 46.1 Å². The number of aliphatic hydroxyl groups is 1. The molecule has 0 amide bonds. The fourth-order valence-corrected chi connectivity index (χ4v) is 2.36. The van der Waals surface area contributed by atoms with E-state index in [9.17, 15) is 5.11 Å². The summed E-state index contributed by atoms with van der Waals surface area (Å²) in [4.78, 5) is 4.48. The minimum Gasteiger partial charge on any atom is -0.497 e. The highest BCUT2D eigenvalue weighted by atomic mass is 16.5. The molecule has 5 heteroatoms. The summed E-state index contributed by atoms with van der Waals surface area (Å²) in [5, 5.41) is 16.9. The van der Waals surface area contributed by atoms with Gasteiger partial charge in [0.1, 0.15) is 5.75 Å². The number of aliphatic hydroxyl groups excluding tert-OH is 1. The highest BCUT2D eigenvalue weighted by molar-refractivity contribution is 5.79. The first-order chi connectivity index (χ1) is 11.6. The van der Waals surface area contributed by atoms with Crippen LogP contribution in [0.3, 0.4) is 0 Å². The average molecular weight is 335 g/mol. The third-order valence-electron chi connectivity index (χ3n) is 3.75. The van der Waals surface area contributed by atoms with E-state index in [1.807, 2.05) is 31.2 Å². The van der Waals surface area contributed by atoms with Crippen LogP contribution in [0.2, 0.25) is 0 Å². The Labute approximate surface area is 146 Å². The van der Waals surface area contributed by atoms with E-state index in [0.717, 1.165) is 42.7 Å². The summed E-state index contributed by atoms with van der Waals surface area (Å²) in [6.45, 7) is 8.54. The van der Waals surface area contributed by atoms with E-state index < -0.39 is 6.10 Å². The van der Waals surface area contributed by atoms with E-state index in [4.69, 9.17) is 4.74 Å². The van der Waals surface area contributed by atoms with Gasteiger partial charge in [0.2, 0.25) is 0 Å². The van der Waals surface area contributed by atoms with Gasteiger partial charge in [0.15, 0.2) is 5.96 Å². The Morgan fingerprint density at radius 1 is 1.25 bits per heavy atom. The Kier molecular flexibility index (Phi) is 9.92. The monoisotopic (exact) mass is 335 g/mol. The number of unbranched alkanes of at least 4 members (excludes halogenated alkanes) is 1. The van der Waals surface area contributed by atoms with Crippen LogP contribution in [-0.2, 0) is 0 Å². The Balaban J connectivity index is 2.48. The van der Waals surface area contributed by atoms with Gasteiger partial charge in [0.25, 0.3) is 0 Å². The molecule has 0 aromatic heterocycles. The second-order valence-corrected chi connectivity index (χ2v) is 6.33. The van der Waals surface area contributed by atoms with Crippen molar-refractivity contribution in [1.82, 2.24) is 10.6 Å². The predicted molar refractivity (Wildman–Crippen MR) is 101 cm³/mol. The Bertz CT molecular complexity index is 489. The second-order valence-electron chi connectivity index (χ2n) is 6.33. The van der Waals surface area contributed by atoms with Crippen LogP contribution in [0.25, 0.3) is 0 Å². The number of benzene rings is 1. The maximum Gasteiger partial charge on any atom is 0.191 e. The molecule has 5 nitrogen and oxygen atoms in total. The van der Waals surface area contributed by atoms with Crippen LogP contribution >= 0.6 is 0 Å². The molecule has 3 N–H and O–H groups in total. The van der Waals surface area contributed by atoms with Gasteiger partial charge < -0.3 is 20.5 Å². The number of hydrogen-bond acceptors (Lipinski definition) is 3. The number of methoxy groups -OCH3 is 1. The van der Waals surface area contributed by atoms with Gasteiger partial charge in [-0.1, -0.05) is 38.8 Å². The molecule has 0 saturated heterocycles. The van der Waals surface area contributed by atoms with Crippen LogP contribution in [0.1, 0.15) is 51.7 Å². The maximum atomic E-state index is 10.3. The molecule has 1 aromatic rings. The molecule has 0 aliphatic rings. The topological polar surface area (TPSA) is 65.9 Å². The average Bonchev–Trinajstić information content (AvgIpc) is 2.58. The molecule has 1 unspecified atom stereocenters. The molecule has 0 spiro atoms. The lowest BCUT2D eigenvalue weighted by Crippen LogP contribution is -2.38. The van der Waals surface area contributed by atoms with E-state index in [1.165, 1.54) is 12.8 Å². The summed E-state index contributed by atoms with van der Waals surface area (Å²) in [6.07, 6.45) is 2.96. The van der Waals surface area contributed by atoms with Crippen LogP contribution in [0.5, 0.6) is 5.75 Å². The lowest BCUT2D eigenvalue weighted by molar-refractivity contribution is 0.186. The normalized spacial score (nSPS) is 13.0. The standard InChI is InChI=1S/C19H33N3O2/c1-5-20-19(21-12-7-6-9-15(2)3)22-14-18(23)16-10-8-11-17(13-16)24-4/h8,10-11,13,15,18,23H,5-7,9,12,14H2,1-4H3,(H2,20,21,22). The SMILES string of the molecule is CCNC(=NCC(O)c1cccc(OC)c1)NCCCCC(C)C. The number of nitrogens with zero attached hydrogens (tertiary/aromatic N) is 1. The van der Waals surface area contributed by atoms with Crippen LogP contribution in [-0.4, -0.2) is 37.8 Å². The zero-order valence-corrected chi connectivity index (χ0v) is 15.5. The molecule has 0 heterocycles. The van der Waals surface area contributed by atoms with Gasteiger partial charge in [-0.2, -0.15) is 0 Å². The zero-order chi connectivity index (χ0) is 17.8. The molecule has 0 aliphatic heterocycles. The lowest BCUT2D eigenvalue weighted by atomic mass is 10.1. The van der Waals surface area contributed by atoms with Crippen LogP contribution in [0, 0.1) is 5.92 Å². The number of hydrogen-bond donors (Lipinski definition) is 3. The largest absolute Gasteiger partial charge is 0.497 e. The van der Waals surface area contributed by atoms with E-state index >= 15 is 0 Å². The molecular formula is C19H33N3O2. The highest BCUT2D eigenvalue weighted by Gasteiger charge is 2.08. The van der Waals surface area contributed by atoms with Crippen molar-refractivity contribution in [2.24, 2.45) is 10.9 Å². The van der Waals surface area contributed by atoms with Crippen molar-refractivity contribution in [3.63, 3.8) is 0 Å². The number of ether oxygens (including phenoxy) is 1. The minimum absolute atomic E-state index is 0.314. The first-order valence-corrected chi connectivity index (χ1v) is 8.91. The minimum atomic E-state index is -0.642. The molecule has 1 atom stereocenters. The van der Waals surface area contributed by atoms with Crippen molar-refractivity contribution in [3.8, 4) is 5.75 Å². The number of nitrogens with one attached hydrogen (secondary N) is 2. The summed E-state index contributed by atoms with van der Waals surface area (Å²) in [5.41, 5.74) is 0.811. The van der Waals surface area contributed by atoms with Crippen molar-refractivity contribution >= 4 is 5.96 Å². The van der Waals surface area contributed by atoms with Gasteiger partial charge in [0, 0.05) is 13.1 Å². The van der Waals surface area contributed by atoms with Crippen molar-refractivity contribution in [3.05, 3.63) is 29.8 Å². The Hall–Kier alpha value is -1.75. The van der Waals surface area contributed by atoms with Gasteiger partial charge in [-0.3, -0.25) is 4.99 Å². The number of aliphatic imine (C=N–C) groups is 1. The quantitative estimate of drug-likeness (QED) is 0.349. The van der Waals surface area contributed by atoms with Gasteiger partial charge in [-0.15, -0.1) is 0 Å². The lowest BCUT2D eigenvalue weighted by Gasteiger charge is -2.14. The highest BCUT2D eigenvalue weighted by Crippen LogP contribution is 2.19. The fraction of sp³-hybridized carbons (Fsp3) is 0.632. The van der Waals surface area contributed by atoms with Gasteiger partial charge >= 0.3 is 0 Å². The first-order valence-electron chi connectivity index (χ1n) is 8.91. The van der Waals surface area contributed by atoms with Crippen molar-refractivity contribution in [1.29, 1.82) is 0 Å². The summed E-state index contributed by atoms with van der Waals surface area (Å²) >= 11 is 0. The molecule has 0 aliphatic carbocycles. The smallest absolute Gasteiger partial charge is 0.191 e. The van der Waals surface area contributed by atoms with Gasteiger partial charge in [-0.25, -0.2) is 0 Å². The molecule has 0 bridgehead atoms. The molecule has 0 fully saturated rings. The predicted octanol–water partition coefficient (Wildman–Crippen LogP) is 3.11. The zero-order valence-electron chi connectivity index (χ0n) is 15.5. The van der Waals surface area contributed by atoms with E-state index in [-0.39, 0.29) is 0 Å². The second kappa shape index (κ2) is 11.7. The molecular weight excluding hydrogens is 302 g/mol. The molecule has 0 saturated carbocycles. The van der Waals surface area contributed by atoms with Crippen LogP contribution in [0.4, 0.5) is 0 Å². The maximum absolute atomic E-state index is 10.3. The fourth-order valence-electron chi connectivity index (χ4n) is 2.36. The summed E-state index contributed by atoms with van der Waals surface area (Å²) in [5.74, 6) is 2.25. The molecule has 24 heavy (non-hydrogen) atoms. The van der Waals surface area contributed by atoms with Crippen molar-refractivity contribution < 1.29 is 9.84 Å². The van der Waals surface area contributed by atoms with Gasteiger partial charge in [0.05, 0.1) is 19.8 Å². The summed E-state index contributed by atoms with van der Waals surface area (Å²) in [6, 6.07) is 7.46.